The number of alkyl halides is 3. The van der Waals surface area contributed by atoms with Gasteiger partial charge in [-0.2, -0.15) is 13.2 Å². The molecule has 0 radical (unpaired) electrons. The van der Waals surface area contributed by atoms with Crippen molar-refractivity contribution in [3.8, 4) is 16.3 Å². The molecule has 0 saturated carbocycles. The van der Waals surface area contributed by atoms with Gasteiger partial charge in [-0.3, -0.25) is 9.69 Å². The van der Waals surface area contributed by atoms with E-state index in [1.165, 1.54) is 23.5 Å². The zero-order valence-electron chi connectivity index (χ0n) is 18.5. The molecule has 2 heterocycles. The van der Waals surface area contributed by atoms with E-state index in [4.69, 9.17) is 9.47 Å². The molecule has 1 fully saturated rings. The van der Waals surface area contributed by atoms with Gasteiger partial charge in [0, 0.05) is 25.0 Å². The molecule has 34 heavy (non-hydrogen) atoms. The minimum atomic E-state index is -4.40. The molecule has 1 N–H and O–H groups in total. The first-order chi connectivity index (χ1) is 16.4. The number of para-hydroxylation sites is 1. The van der Waals surface area contributed by atoms with Gasteiger partial charge in [-0.15, -0.1) is 11.3 Å². The number of carbonyl (C=O) groups is 1. The summed E-state index contributed by atoms with van der Waals surface area (Å²) in [6, 6.07) is 12.2. The van der Waals surface area contributed by atoms with Crippen molar-refractivity contribution in [1.29, 1.82) is 0 Å². The average molecular weight is 492 g/mol. The molecular formula is C24H24F3N3O3S. The minimum absolute atomic E-state index is 0.228. The lowest BCUT2D eigenvalue weighted by Gasteiger charge is -2.35. The molecule has 6 nitrogen and oxygen atoms in total. The van der Waals surface area contributed by atoms with Crippen molar-refractivity contribution in [1.82, 2.24) is 15.2 Å². The number of rotatable bonds is 7. The van der Waals surface area contributed by atoms with Gasteiger partial charge in [-0.05, 0) is 29.8 Å². The van der Waals surface area contributed by atoms with Gasteiger partial charge >= 0.3 is 6.18 Å². The number of carbonyl (C=O) groups excluding carboxylic acids is 1. The molecule has 3 aromatic rings. The van der Waals surface area contributed by atoms with E-state index in [1.54, 1.807) is 12.5 Å². The monoisotopic (exact) mass is 491 g/mol. The van der Waals surface area contributed by atoms with E-state index in [2.05, 4.69) is 15.2 Å². The first-order valence-electron chi connectivity index (χ1n) is 10.7. The van der Waals surface area contributed by atoms with Crippen LogP contribution in [0.2, 0.25) is 0 Å². The molecule has 0 bridgehead atoms. The SMILES string of the molecule is COc1ccccc1-c1nc(C(=O)NCC(c2ccc(C(F)(F)F)cc2)N2CCOCC2)cs1. The van der Waals surface area contributed by atoms with Gasteiger partial charge in [0.1, 0.15) is 16.5 Å². The summed E-state index contributed by atoms with van der Waals surface area (Å²) in [7, 11) is 1.58. The van der Waals surface area contributed by atoms with E-state index in [-0.39, 0.29) is 24.2 Å². The summed E-state index contributed by atoms with van der Waals surface area (Å²) in [4.78, 5) is 19.4. The third kappa shape index (κ3) is 5.57. The van der Waals surface area contributed by atoms with Gasteiger partial charge in [0.05, 0.1) is 37.5 Å². The molecule has 1 unspecified atom stereocenters. The maximum absolute atomic E-state index is 13.0. The zero-order valence-corrected chi connectivity index (χ0v) is 19.3. The summed E-state index contributed by atoms with van der Waals surface area (Å²) in [5.74, 6) is 0.320. The van der Waals surface area contributed by atoms with E-state index in [0.29, 0.717) is 42.6 Å². The number of hydrogen-bond acceptors (Lipinski definition) is 6. The van der Waals surface area contributed by atoms with Crippen molar-refractivity contribution < 1.29 is 27.4 Å². The molecule has 1 amide bonds. The molecule has 0 aliphatic carbocycles. The molecule has 4 rings (SSSR count). The second kappa shape index (κ2) is 10.5. The van der Waals surface area contributed by atoms with Gasteiger partial charge in [0.15, 0.2) is 0 Å². The van der Waals surface area contributed by atoms with Crippen molar-refractivity contribution in [2.75, 3.05) is 40.0 Å². The lowest BCUT2D eigenvalue weighted by Crippen LogP contribution is -2.43. The van der Waals surface area contributed by atoms with Gasteiger partial charge in [-0.25, -0.2) is 4.98 Å². The predicted molar refractivity (Wildman–Crippen MR) is 123 cm³/mol. The van der Waals surface area contributed by atoms with Crippen molar-refractivity contribution in [2.24, 2.45) is 0 Å². The summed E-state index contributed by atoms with van der Waals surface area (Å²) in [5.41, 5.74) is 1.07. The van der Waals surface area contributed by atoms with E-state index in [0.717, 1.165) is 17.7 Å². The number of amides is 1. The van der Waals surface area contributed by atoms with Crippen LogP contribution in [0, 0.1) is 0 Å². The van der Waals surface area contributed by atoms with Crippen LogP contribution >= 0.6 is 11.3 Å². The summed E-state index contributed by atoms with van der Waals surface area (Å²) in [6.07, 6.45) is -4.40. The Bertz CT molecular complexity index is 1110. The van der Waals surface area contributed by atoms with Gasteiger partial charge in [0.25, 0.3) is 5.91 Å². The molecule has 1 atom stereocenters. The Morgan fingerprint density at radius 3 is 2.56 bits per heavy atom. The van der Waals surface area contributed by atoms with Gasteiger partial charge in [-0.1, -0.05) is 24.3 Å². The fraction of sp³-hybridized carbons (Fsp3) is 0.333. The molecule has 1 saturated heterocycles. The smallest absolute Gasteiger partial charge is 0.416 e. The Balaban J connectivity index is 1.49. The summed E-state index contributed by atoms with van der Waals surface area (Å²) < 4.78 is 49.8. The highest BCUT2D eigenvalue weighted by atomic mass is 32.1. The van der Waals surface area contributed by atoms with Crippen LogP contribution in [-0.4, -0.2) is 55.7 Å². The number of benzene rings is 2. The van der Waals surface area contributed by atoms with Crippen molar-refractivity contribution in [3.63, 3.8) is 0 Å². The maximum atomic E-state index is 13.0. The van der Waals surface area contributed by atoms with Crippen LogP contribution in [0.15, 0.2) is 53.9 Å². The molecule has 1 aromatic heterocycles. The van der Waals surface area contributed by atoms with Gasteiger partial charge < -0.3 is 14.8 Å². The first-order valence-corrected chi connectivity index (χ1v) is 11.6. The fourth-order valence-corrected chi connectivity index (χ4v) is 4.67. The normalized spacial score (nSPS) is 15.6. The summed E-state index contributed by atoms with van der Waals surface area (Å²) in [5, 5.41) is 5.24. The fourth-order valence-electron chi connectivity index (χ4n) is 3.84. The Kier molecular flexibility index (Phi) is 7.50. The van der Waals surface area contributed by atoms with Gasteiger partial charge in [0.2, 0.25) is 0 Å². The first kappa shape index (κ1) is 24.2. The number of nitrogens with zero attached hydrogens (tertiary/aromatic N) is 2. The van der Waals surface area contributed by atoms with Crippen LogP contribution in [0.25, 0.3) is 10.6 Å². The second-order valence-electron chi connectivity index (χ2n) is 7.73. The molecule has 10 heteroatoms. The van der Waals surface area contributed by atoms with Crippen LogP contribution in [0.5, 0.6) is 5.75 Å². The number of halogens is 3. The Morgan fingerprint density at radius 1 is 1.18 bits per heavy atom. The van der Waals surface area contributed by atoms with Crippen LogP contribution in [0.1, 0.15) is 27.7 Å². The highest BCUT2D eigenvalue weighted by Crippen LogP contribution is 2.33. The van der Waals surface area contributed by atoms with Crippen molar-refractivity contribution in [3.05, 3.63) is 70.7 Å². The van der Waals surface area contributed by atoms with Crippen LogP contribution in [0.3, 0.4) is 0 Å². The minimum Gasteiger partial charge on any atom is -0.496 e. The van der Waals surface area contributed by atoms with E-state index in [1.807, 2.05) is 24.3 Å². The zero-order chi connectivity index (χ0) is 24.1. The lowest BCUT2D eigenvalue weighted by atomic mass is 10.0. The van der Waals surface area contributed by atoms with Crippen molar-refractivity contribution >= 4 is 17.2 Å². The number of morpholine rings is 1. The standard InChI is InChI=1S/C24H24F3N3O3S/c1-32-21-5-3-2-4-18(21)23-29-19(15-34-23)22(31)28-14-20(30-10-12-33-13-11-30)16-6-8-17(9-7-16)24(25,26)27/h2-9,15,20H,10-14H2,1H3,(H,28,31). The highest BCUT2D eigenvalue weighted by molar-refractivity contribution is 7.13. The maximum Gasteiger partial charge on any atom is 0.416 e. The number of ether oxygens (including phenoxy) is 2. The largest absolute Gasteiger partial charge is 0.496 e. The number of thiazole rings is 1. The lowest BCUT2D eigenvalue weighted by molar-refractivity contribution is -0.137. The van der Waals surface area contributed by atoms with Crippen LogP contribution in [0.4, 0.5) is 13.2 Å². The Labute approximate surface area is 199 Å². The Morgan fingerprint density at radius 2 is 1.88 bits per heavy atom. The summed E-state index contributed by atoms with van der Waals surface area (Å²) in [6.45, 7) is 2.52. The molecule has 1 aliphatic heterocycles. The van der Waals surface area contributed by atoms with Crippen LogP contribution in [-0.2, 0) is 10.9 Å². The number of nitrogens with one attached hydrogen (secondary N) is 1. The highest BCUT2D eigenvalue weighted by Gasteiger charge is 2.31. The number of methoxy groups -OCH3 is 1. The number of hydrogen-bond donors (Lipinski definition) is 1. The van der Waals surface area contributed by atoms with E-state index in [9.17, 15) is 18.0 Å². The Hall–Kier alpha value is -2.95. The molecule has 0 spiro atoms. The second-order valence-corrected chi connectivity index (χ2v) is 8.59. The molecule has 2 aromatic carbocycles. The number of aromatic nitrogens is 1. The average Bonchev–Trinajstić information content (AvgIpc) is 3.35. The third-order valence-electron chi connectivity index (χ3n) is 5.64. The predicted octanol–water partition coefficient (Wildman–Crippen LogP) is 4.64. The molecule has 1 aliphatic rings. The quantitative estimate of drug-likeness (QED) is 0.522. The topological polar surface area (TPSA) is 63.7 Å². The summed E-state index contributed by atoms with van der Waals surface area (Å²) >= 11 is 1.34. The van der Waals surface area contributed by atoms with Crippen LogP contribution < -0.4 is 10.1 Å². The molecular weight excluding hydrogens is 467 g/mol. The third-order valence-corrected chi connectivity index (χ3v) is 6.51. The van der Waals surface area contributed by atoms with E-state index >= 15 is 0 Å². The molecule has 180 valence electrons. The van der Waals surface area contributed by atoms with E-state index < -0.39 is 11.7 Å². The van der Waals surface area contributed by atoms with Crippen molar-refractivity contribution in [2.45, 2.75) is 12.2 Å².